The van der Waals surface area contributed by atoms with Crippen molar-refractivity contribution in [1.29, 1.82) is 0 Å². The average Bonchev–Trinajstić information content (AvgIpc) is 3.65. The Hall–Kier alpha value is -1.10. The van der Waals surface area contributed by atoms with Crippen LogP contribution in [0.2, 0.25) is 36.3 Å². The van der Waals surface area contributed by atoms with Crippen LogP contribution in [-0.4, -0.2) is 97.4 Å². The summed E-state index contributed by atoms with van der Waals surface area (Å²) in [5.41, 5.74) is 1.08. The number of methoxy groups -OCH3 is 2. The molecule has 9 nitrogen and oxygen atoms in total. The zero-order valence-electron chi connectivity index (χ0n) is 44.0. The number of alkyl halides is 1. The Morgan fingerprint density at radius 2 is 1.11 bits per heavy atom. The average molecular weight is 944 g/mol. The normalized spacial score (nSPS) is 23.7. The van der Waals surface area contributed by atoms with Crippen molar-refractivity contribution in [3.05, 3.63) is 54.1 Å². The van der Waals surface area contributed by atoms with Gasteiger partial charge in [0.15, 0.2) is 28.2 Å². The lowest BCUT2D eigenvalue weighted by Gasteiger charge is -2.36. The predicted molar refractivity (Wildman–Crippen MR) is 269 cm³/mol. The Morgan fingerprint density at radius 3 is 1.51 bits per heavy atom. The zero-order chi connectivity index (χ0) is 48.8. The highest BCUT2D eigenvalue weighted by Crippen LogP contribution is 2.39. The molecule has 3 rings (SSSR count). The highest BCUT2D eigenvalue weighted by molar-refractivity contribution is 6.74. The van der Waals surface area contributed by atoms with E-state index in [9.17, 15) is 5.11 Å². The Kier molecular flexibility index (Phi) is 24.6. The molecule has 1 N–H and O–H groups in total. The van der Waals surface area contributed by atoms with E-state index >= 15 is 0 Å². The molecule has 1 aromatic rings. The second-order valence-electron chi connectivity index (χ2n) is 22.2. The number of aliphatic hydroxyl groups is 1. The Labute approximate surface area is 393 Å². The van der Waals surface area contributed by atoms with E-state index in [2.05, 4.69) is 128 Å². The summed E-state index contributed by atoms with van der Waals surface area (Å²) in [7, 11) is -0.143. The number of hydrogen-bond acceptors (Lipinski definition) is 9. The predicted octanol–water partition coefficient (Wildman–Crippen LogP) is 13.3. The van der Waals surface area contributed by atoms with Crippen LogP contribution in [0.5, 0.6) is 5.75 Å². The summed E-state index contributed by atoms with van der Waals surface area (Å²) < 4.78 is 47.9. The molecular formula is C51H95ClO9Si2. The fraction of sp³-hybridized carbons (Fsp3) is 0.804. The van der Waals surface area contributed by atoms with Gasteiger partial charge in [-0.2, -0.15) is 0 Å². The number of allylic oxidation sites excluding steroid dienone is 2. The molecule has 12 heteroatoms. The number of ether oxygens (including phenoxy) is 6. The van der Waals surface area contributed by atoms with Crippen LogP contribution >= 0.6 is 11.6 Å². The van der Waals surface area contributed by atoms with Gasteiger partial charge in [-0.05, 0) is 118 Å². The van der Waals surface area contributed by atoms with Gasteiger partial charge in [-0.25, -0.2) is 0 Å². The van der Waals surface area contributed by atoms with Crippen molar-refractivity contribution in [1.82, 2.24) is 0 Å². The van der Waals surface area contributed by atoms with E-state index in [1.807, 2.05) is 58.0 Å². The van der Waals surface area contributed by atoms with E-state index < -0.39 is 34.3 Å². The van der Waals surface area contributed by atoms with Crippen LogP contribution in [0.25, 0.3) is 0 Å². The van der Waals surface area contributed by atoms with E-state index in [-0.39, 0.29) is 40.6 Å². The standard InChI is InChI=1S/C22H44O4Si.C21H42O4Si.C8H9ClO/c1-16(2)17(3)12-13-18(23-9)20-19(25-22(7,8)26-20)14-15-24-27(10,11)21(4,5)6;1-15(2)16(3)11-12-17(22)19-18(24-21(7,8)25-19)13-14-23-26(9,10)20(4,5)6;1-10-8-4-2-3-7(5-8)6-9/h12-13,16-20H,14-15H2,1-11H3;11-12,15-19,22H,13-14H2,1-10H3;2-5H,6H2,1H3/b13-12-;12-11-;/t17-,18?,19+,20-;16-,17?,18+,19-;/m11./s1. The van der Waals surface area contributed by atoms with Crippen LogP contribution in [0.3, 0.4) is 0 Å². The maximum absolute atomic E-state index is 10.6. The van der Waals surface area contributed by atoms with Crippen molar-refractivity contribution in [3.63, 3.8) is 0 Å². The van der Waals surface area contributed by atoms with Gasteiger partial charge in [0.2, 0.25) is 0 Å². The summed E-state index contributed by atoms with van der Waals surface area (Å²) in [5.74, 6) is 2.19. The van der Waals surface area contributed by atoms with Crippen LogP contribution in [0.4, 0.5) is 0 Å². The molecule has 0 bridgehead atoms. The van der Waals surface area contributed by atoms with Gasteiger partial charge in [0.05, 0.1) is 19.3 Å². The molecule has 0 radical (unpaired) electrons. The van der Waals surface area contributed by atoms with E-state index in [0.717, 1.165) is 24.2 Å². The van der Waals surface area contributed by atoms with Crippen molar-refractivity contribution >= 4 is 28.2 Å². The smallest absolute Gasteiger partial charge is 0.191 e. The number of hydrogen-bond donors (Lipinski definition) is 1. The molecule has 2 fully saturated rings. The fourth-order valence-corrected chi connectivity index (χ4v) is 8.53. The third kappa shape index (κ3) is 20.8. The molecule has 2 unspecified atom stereocenters. The Balaban J connectivity index is 0.000000517. The quantitative estimate of drug-likeness (QED) is 0.0827. The lowest BCUT2D eigenvalue weighted by Crippen LogP contribution is -2.42. The van der Waals surface area contributed by atoms with E-state index in [1.165, 1.54) is 0 Å². The third-order valence-corrected chi connectivity index (χ3v) is 22.7. The van der Waals surface area contributed by atoms with Gasteiger partial charge < -0.3 is 42.4 Å². The molecule has 63 heavy (non-hydrogen) atoms. The van der Waals surface area contributed by atoms with Gasteiger partial charge in [0.25, 0.3) is 0 Å². The van der Waals surface area contributed by atoms with Crippen LogP contribution < -0.4 is 4.74 Å². The van der Waals surface area contributed by atoms with Crippen LogP contribution in [0, 0.1) is 23.7 Å². The topological polar surface area (TPSA) is 94.1 Å². The maximum atomic E-state index is 10.6. The first-order valence-corrected chi connectivity index (χ1v) is 29.8. The number of rotatable bonds is 19. The lowest BCUT2D eigenvalue weighted by molar-refractivity contribution is -0.154. The van der Waals surface area contributed by atoms with E-state index in [4.69, 9.17) is 48.9 Å². The summed E-state index contributed by atoms with van der Waals surface area (Å²) in [6, 6.07) is 7.72. The first-order chi connectivity index (χ1) is 28.7. The number of halogens is 1. The summed E-state index contributed by atoms with van der Waals surface area (Å²) in [5, 5.41) is 11.0. The summed E-state index contributed by atoms with van der Waals surface area (Å²) in [4.78, 5) is 0. The van der Waals surface area contributed by atoms with Gasteiger partial charge >= 0.3 is 0 Å². The van der Waals surface area contributed by atoms with Crippen molar-refractivity contribution in [2.24, 2.45) is 23.7 Å². The van der Waals surface area contributed by atoms with Gasteiger partial charge in [-0.1, -0.05) is 120 Å². The molecule has 1 aromatic carbocycles. The maximum Gasteiger partial charge on any atom is 0.191 e. The highest BCUT2D eigenvalue weighted by atomic mass is 35.5. The summed E-state index contributed by atoms with van der Waals surface area (Å²) in [6.07, 6.45) is 8.39. The molecule has 2 saturated heterocycles. The van der Waals surface area contributed by atoms with Gasteiger partial charge in [0, 0.05) is 26.2 Å². The molecule has 368 valence electrons. The molecule has 2 heterocycles. The first kappa shape index (κ1) is 59.9. The molecule has 0 aliphatic carbocycles. The molecule has 2 aliphatic heterocycles. The van der Waals surface area contributed by atoms with Crippen molar-refractivity contribution in [2.75, 3.05) is 27.4 Å². The first-order valence-electron chi connectivity index (χ1n) is 23.5. The lowest BCUT2D eigenvalue weighted by atomic mass is 9.96. The van der Waals surface area contributed by atoms with Crippen LogP contribution in [-0.2, 0) is 38.4 Å². The third-order valence-electron chi connectivity index (χ3n) is 13.3. The SMILES string of the molecule is CC(C)[C@H](C)/C=C\C(O)[C@H]1OC(C)(C)O[C@H]1CCO[Si](C)(C)C(C)(C)C.COC(/C=C\[C@@H](C)C(C)C)[C@H]1OC(C)(C)O[C@H]1CCO[Si](C)(C)C(C)(C)C.COc1cccc(CCl)c1. The molecule has 2 aliphatic rings. The van der Waals surface area contributed by atoms with Gasteiger partial charge in [0.1, 0.15) is 30.2 Å². The molecule has 0 aromatic heterocycles. The van der Waals surface area contributed by atoms with Crippen molar-refractivity contribution in [2.45, 2.75) is 214 Å². The van der Waals surface area contributed by atoms with Gasteiger partial charge in [-0.15, -0.1) is 11.6 Å². The summed E-state index contributed by atoms with van der Waals surface area (Å²) >= 11 is 5.60. The molecule has 0 saturated carbocycles. The fourth-order valence-electron chi connectivity index (χ4n) is 6.24. The second-order valence-corrected chi connectivity index (χ2v) is 32.1. The van der Waals surface area contributed by atoms with Crippen LogP contribution in [0.15, 0.2) is 48.6 Å². The Morgan fingerprint density at radius 1 is 0.683 bits per heavy atom. The Bertz CT molecular complexity index is 1480. The van der Waals surface area contributed by atoms with Gasteiger partial charge in [-0.3, -0.25) is 0 Å². The van der Waals surface area contributed by atoms with E-state index in [0.29, 0.717) is 42.8 Å². The van der Waals surface area contributed by atoms with Crippen molar-refractivity contribution in [3.8, 4) is 5.75 Å². The van der Waals surface area contributed by atoms with Crippen molar-refractivity contribution < 1.29 is 42.4 Å². The molecular weight excluding hydrogens is 848 g/mol. The highest BCUT2D eigenvalue weighted by Gasteiger charge is 2.46. The number of benzene rings is 1. The minimum atomic E-state index is -1.78. The summed E-state index contributed by atoms with van der Waals surface area (Å²) in [6.45, 7) is 44.9. The molecule has 8 atom stereocenters. The zero-order valence-corrected chi connectivity index (χ0v) is 46.8. The molecule has 0 spiro atoms. The number of aliphatic hydroxyl groups excluding tert-OH is 1. The largest absolute Gasteiger partial charge is 0.497 e. The molecule has 0 amide bonds. The van der Waals surface area contributed by atoms with E-state index in [1.54, 1.807) is 14.2 Å². The second kappa shape index (κ2) is 25.9. The monoisotopic (exact) mass is 943 g/mol. The minimum Gasteiger partial charge on any atom is -0.497 e. The minimum absolute atomic E-state index is 0.0336. The van der Waals surface area contributed by atoms with Crippen LogP contribution in [0.1, 0.15) is 129 Å².